The van der Waals surface area contributed by atoms with Crippen molar-refractivity contribution in [3.05, 3.63) is 90.9 Å². The third-order valence-electron chi connectivity index (χ3n) is 5.34. The highest BCUT2D eigenvalue weighted by Gasteiger charge is 2.34. The second-order valence-electron chi connectivity index (χ2n) is 8.12. The second-order valence-corrected chi connectivity index (χ2v) is 9.28. The number of rotatable bonds is 6. The third-order valence-corrected chi connectivity index (χ3v) is 6.34. The van der Waals surface area contributed by atoms with Gasteiger partial charge in [-0.2, -0.15) is 0 Å². The van der Waals surface area contributed by atoms with Gasteiger partial charge in [0.2, 0.25) is 5.75 Å². The molecule has 2 aromatic carbocycles. The van der Waals surface area contributed by atoms with Crippen LogP contribution in [0.5, 0.6) is 5.75 Å². The monoisotopic (exact) mass is 563 g/mol. The van der Waals surface area contributed by atoms with Gasteiger partial charge < -0.3 is 14.8 Å². The molecule has 9 heteroatoms. The Hall–Kier alpha value is -2.79. The Morgan fingerprint density at radius 2 is 2.03 bits per heavy atom. The van der Waals surface area contributed by atoms with Gasteiger partial charge in [-0.1, -0.05) is 36.4 Å². The summed E-state index contributed by atoms with van der Waals surface area (Å²) in [5.41, 5.74) is 0.245. The maximum absolute atomic E-state index is 13.4. The predicted octanol–water partition coefficient (Wildman–Crippen LogP) is 3.76. The summed E-state index contributed by atoms with van der Waals surface area (Å²) in [5.74, 6) is -0.642. The smallest absolute Gasteiger partial charge is 0.296 e. The first-order valence-electron chi connectivity index (χ1n) is 10.4. The van der Waals surface area contributed by atoms with Crippen LogP contribution in [0.1, 0.15) is 41.3 Å². The van der Waals surface area contributed by atoms with Crippen LogP contribution in [-0.2, 0) is 30.0 Å². The lowest BCUT2D eigenvalue weighted by molar-refractivity contribution is -0.0567. The molecule has 172 valence electrons. The van der Waals surface area contributed by atoms with Gasteiger partial charge in [-0.3, -0.25) is 14.2 Å². The van der Waals surface area contributed by atoms with Gasteiger partial charge in [0.15, 0.2) is 5.69 Å². The fourth-order valence-electron chi connectivity index (χ4n) is 3.60. The van der Waals surface area contributed by atoms with E-state index in [1.807, 2.05) is 52.9 Å². The molecule has 1 aliphatic heterocycles. The summed E-state index contributed by atoms with van der Waals surface area (Å²) in [6, 6.07) is 13.7. The Balaban J connectivity index is 1.68. The van der Waals surface area contributed by atoms with Crippen molar-refractivity contribution >= 4 is 28.5 Å². The highest BCUT2D eigenvalue weighted by Crippen LogP contribution is 2.28. The van der Waals surface area contributed by atoms with E-state index >= 15 is 0 Å². The Morgan fingerprint density at radius 1 is 1.27 bits per heavy atom. The molecule has 1 N–H and O–H groups in total. The second kappa shape index (κ2) is 9.60. The van der Waals surface area contributed by atoms with Crippen molar-refractivity contribution in [1.82, 2.24) is 14.9 Å². The quantitative estimate of drug-likeness (QED) is 0.462. The molecule has 1 aromatic heterocycles. The molecular formula is C24H23FIN3O4. The minimum absolute atomic E-state index is 0.0992. The summed E-state index contributed by atoms with van der Waals surface area (Å²) >= 11 is 2.01. The zero-order valence-electron chi connectivity index (χ0n) is 18.2. The number of amides is 1. The SMILES string of the molecule is CC1(C)OCCn2c1nc(C(=O)NCc1ccc(F)cc1I)c(OCc1ccccc1)c2=O. The van der Waals surface area contributed by atoms with Crippen LogP contribution < -0.4 is 15.6 Å². The Labute approximate surface area is 204 Å². The lowest BCUT2D eigenvalue weighted by Gasteiger charge is -2.32. The third kappa shape index (κ3) is 5.09. The molecule has 7 nitrogen and oxygen atoms in total. The average Bonchev–Trinajstić information content (AvgIpc) is 2.78. The summed E-state index contributed by atoms with van der Waals surface area (Å²) in [4.78, 5) is 31.0. The van der Waals surface area contributed by atoms with E-state index in [9.17, 15) is 14.0 Å². The number of carbonyl (C=O) groups is 1. The van der Waals surface area contributed by atoms with E-state index in [2.05, 4.69) is 10.3 Å². The number of benzene rings is 2. The number of halogens is 2. The van der Waals surface area contributed by atoms with Crippen LogP contribution in [0.25, 0.3) is 0 Å². The number of fused-ring (bicyclic) bond motifs is 1. The number of carbonyl (C=O) groups excluding carboxylic acids is 1. The zero-order valence-corrected chi connectivity index (χ0v) is 20.4. The van der Waals surface area contributed by atoms with Crippen LogP contribution in [0.3, 0.4) is 0 Å². The topological polar surface area (TPSA) is 82.5 Å². The molecule has 4 rings (SSSR count). The average molecular weight is 563 g/mol. The van der Waals surface area contributed by atoms with Gasteiger partial charge in [0, 0.05) is 10.1 Å². The minimum atomic E-state index is -0.837. The molecule has 0 saturated heterocycles. The maximum atomic E-state index is 13.4. The predicted molar refractivity (Wildman–Crippen MR) is 129 cm³/mol. The van der Waals surface area contributed by atoms with Crippen LogP contribution in [0.4, 0.5) is 4.39 Å². The summed E-state index contributed by atoms with van der Waals surface area (Å²) in [6.45, 7) is 4.55. The van der Waals surface area contributed by atoms with Crippen LogP contribution in [0.2, 0.25) is 0 Å². The molecule has 0 aliphatic carbocycles. The molecule has 0 unspecified atom stereocenters. The molecule has 0 spiro atoms. The fourth-order valence-corrected chi connectivity index (χ4v) is 4.27. The molecule has 33 heavy (non-hydrogen) atoms. The summed E-state index contributed by atoms with van der Waals surface area (Å²) < 4.78 is 27.2. The first-order chi connectivity index (χ1) is 15.8. The number of nitrogens with one attached hydrogen (secondary N) is 1. The van der Waals surface area contributed by atoms with E-state index < -0.39 is 17.1 Å². The van der Waals surface area contributed by atoms with Gasteiger partial charge >= 0.3 is 0 Å². The van der Waals surface area contributed by atoms with Crippen LogP contribution >= 0.6 is 22.6 Å². The van der Waals surface area contributed by atoms with Gasteiger partial charge in [0.25, 0.3) is 11.5 Å². The molecule has 0 saturated carbocycles. The lowest BCUT2D eigenvalue weighted by atomic mass is 10.1. The van der Waals surface area contributed by atoms with Gasteiger partial charge in [0.05, 0.1) is 13.2 Å². The Morgan fingerprint density at radius 3 is 2.76 bits per heavy atom. The molecule has 0 radical (unpaired) electrons. The summed E-state index contributed by atoms with van der Waals surface area (Å²) in [6.07, 6.45) is 0. The number of hydrogen-bond acceptors (Lipinski definition) is 5. The largest absolute Gasteiger partial charge is 0.481 e. The molecule has 1 amide bonds. The molecule has 2 heterocycles. The first kappa shape index (κ1) is 23.4. The number of hydrogen-bond donors (Lipinski definition) is 1. The van der Waals surface area contributed by atoms with Crippen molar-refractivity contribution in [2.45, 2.75) is 39.1 Å². The molecule has 3 aromatic rings. The van der Waals surface area contributed by atoms with Gasteiger partial charge in [-0.15, -0.1) is 0 Å². The minimum Gasteiger partial charge on any atom is -0.481 e. The van der Waals surface area contributed by atoms with Crippen molar-refractivity contribution in [3.8, 4) is 5.75 Å². The van der Waals surface area contributed by atoms with Crippen LogP contribution in [-0.4, -0.2) is 22.1 Å². The van der Waals surface area contributed by atoms with Crippen molar-refractivity contribution in [3.63, 3.8) is 0 Å². The number of aromatic nitrogens is 2. The molecule has 0 bridgehead atoms. The first-order valence-corrected chi connectivity index (χ1v) is 11.5. The van der Waals surface area contributed by atoms with Crippen LogP contribution in [0.15, 0.2) is 53.3 Å². The Kier molecular flexibility index (Phi) is 6.80. The van der Waals surface area contributed by atoms with Crippen molar-refractivity contribution in [2.24, 2.45) is 0 Å². The van der Waals surface area contributed by atoms with Gasteiger partial charge in [-0.05, 0) is 59.7 Å². The van der Waals surface area contributed by atoms with E-state index in [0.29, 0.717) is 22.5 Å². The highest BCUT2D eigenvalue weighted by molar-refractivity contribution is 14.1. The van der Waals surface area contributed by atoms with Crippen LogP contribution in [0, 0.1) is 9.39 Å². The molecule has 1 aliphatic rings. The van der Waals surface area contributed by atoms with E-state index in [1.165, 1.54) is 16.7 Å². The zero-order chi connectivity index (χ0) is 23.6. The summed E-state index contributed by atoms with van der Waals surface area (Å²) in [5, 5.41) is 2.78. The van der Waals surface area contributed by atoms with Gasteiger partial charge in [-0.25, -0.2) is 9.37 Å². The molecule has 0 fully saturated rings. The van der Waals surface area contributed by atoms with E-state index in [-0.39, 0.29) is 30.4 Å². The number of ether oxygens (including phenoxy) is 2. The van der Waals surface area contributed by atoms with E-state index in [1.54, 1.807) is 19.9 Å². The number of nitrogens with zero attached hydrogens (tertiary/aromatic N) is 2. The van der Waals surface area contributed by atoms with E-state index in [4.69, 9.17) is 9.47 Å². The normalized spacial score (nSPS) is 14.4. The van der Waals surface area contributed by atoms with Crippen molar-refractivity contribution < 1.29 is 18.7 Å². The molecular weight excluding hydrogens is 540 g/mol. The van der Waals surface area contributed by atoms with Crippen molar-refractivity contribution in [1.29, 1.82) is 0 Å². The summed E-state index contributed by atoms with van der Waals surface area (Å²) in [7, 11) is 0. The fraction of sp³-hybridized carbons (Fsp3) is 0.292. The Bertz CT molecular complexity index is 1240. The van der Waals surface area contributed by atoms with E-state index in [0.717, 1.165) is 11.1 Å². The standard InChI is InChI=1S/C24H23FIN3O4/c1-24(2)23-28-19(21(30)27-13-16-8-9-17(25)12-18(16)26)20(22(31)29(23)10-11-33-24)32-14-15-6-4-3-5-7-15/h3-9,12H,10-11,13-14H2,1-2H3,(H,27,30). The highest BCUT2D eigenvalue weighted by atomic mass is 127. The molecule has 0 atom stereocenters. The van der Waals surface area contributed by atoms with Gasteiger partial charge in [0.1, 0.15) is 23.8 Å². The van der Waals surface area contributed by atoms with Crippen molar-refractivity contribution in [2.75, 3.05) is 6.61 Å². The lowest BCUT2D eigenvalue weighted by Crippen LogP contribution is -2.43. The maximum Gasteiger partial charge on any atom is 0.296 e.